The maximum atomic E-state index is 12.7. The molecule has 0 aliphatic carbocycles. The van der Waals surface area contributed by atoms with Crippen molar-refractivity contribution in [3.63, 3.8) is 0 Å². The van der Waals surface area contributed by atoms with Crippen LogP contribution in [0.5, 0.6) is 0 Å². The average Bonchev–Trinajstić information content (AvgIpc) is 2.21. The Bertz CT molecular complexity index is 432. The quantitative estimate of drug-likeness (QED) is 0.608. The van der Waals surface area contributed by atoms with Gasteiger partial charge in [-0.15, -0.1) is 0 Å². The van der Waals surface area contributed by atoms with Crippen molar-refractivity contribution in [1.82, 2.24) is 0 Å². The van der Waals surface area contributed by atoms with E-state index in [4.69, 9.17) is 11.6 Å². The molecule has 0 radical (unpaired) electrons. The van der Waals surface area contributed by atoms with E-state index in [9.17, 15) is 22.8 Å². The van der Waals surface area contributed by atoms with Crippen LogP contribution in [0.15, 0.2) is 18.2 Å². The highest BCUT2D eigenvalue weighted by atomic mass is 35.5. The minimum Gasteiger partial charge on any atom is -0.294 e. The number of Topliss-reactive ketones (excluding diaryl/α,β-unsaturated/α-hetero) is 2. The van der Waals surface area contributed by atoms with Gasteiger partial charge in [0, 0.05) is 5.56 Å². The molecule has 0 spiro atoms. The van der Waals surface area contributed by atoms with E-state index >= 15 is 0 Å². The van der Waals surface area contributed by atoms with Crippen molar-refractivity contribution < 1.29 is 22.8 Å². The summed E-state index contributed by atoms with van der Waals surface area (Å²) >= 11 is 5.40. The van der Waals surface area contributed by atoms with E-state index in [0.29, 0.717) is 0 Å². The highest BCUT2D eigenvalue weighted by molar-refractivity contribution is 6.31. The van der Waals surface area contributed by atoms with E-state index in [1.54, 1.807) is 0 Å². The molecule has 0 unspecified atom stereocenters. The molecule has 0 amide bonds. The number of benzene rings is 1. The summed E-state index contributed by atoms with van der Waals surface area (Å²) in [6, 6.07) is 3.02. The summed E-state index contributed by atoms with van der Waals surface area (Å²) in [5, 5.41) is -0.296. The van der Waals surface area contributed by atoms with E-state index in [1.807, 2.05) is 0 Å². The van der Waals surface area contributed by atoms with E-state index in [2.05, 4.69) is 0 Å². The molecule has 6 heteroatoms. The molecule has 0 saturated heterocycles. The van der Waals surface area contributed by atoms with E-state index in [0.717, 1.165) is 18.2 Å². The Labute approximate surface area is 94.0 Å². The Balaban J connectivity index is 2.81. The van der Waals surface area contributed by atoms with Crippen LogP contribution in [0.4, 0.5) is 13.2 Å². The molecular formula is C10H6ClF3O2. The fraction of sp³-hybridized carbons (Fsp3) is 0.200. The normalized spacial score (nSPS) is 10.6. The van der Waals surface area contributed by atoms with Crippen molar-refractivity contribution >= 4 is 23.2 Å². The second-order valence-electron chi connectivity index (χ2n) is 3.00. The number of carbonyl (C=O) groups excluding carboxylic acids is 2. The topological polar surface area (TPSA) is 34.1 Å². The van der Waals surface area contributed by atoms with Crippen molar-refractivity contribution in [2.45, 2.75) is 12.8 Å². The fourth-order valence-electron chi connectivity index (χ4n) is 1.01. The smallest absolute Gasteiger partial charge is 0.294 e. The first kappa shape index (κ1) is 12.7. The van der Waals surface area contributed by atoms with Crippen molar-refractivity contribution in [1.29, 1.82) is 0 Å². The number of alkyl halides is 2. The molecule has 2 nitrogen and oxygen atoms in total. The SMILES string of the molecule is O=C(CC(=O)C(F)F)c1ccc(F)c(Cl)c1. The Morgan fingerprint density at radius 3 is 2.44 bits per heavy atom. The Kier molecular flexibility index (Phi) is 4.06. The average molecular weight is 251 g/mol. The molecule has 0 aliphatic heterocycles. The largest absolute Gasteiger partial charge is 0.296 e. The third-order valence-corrected chi connectivity index (χ3v) is 2.11. The van der Waals surface area contributed by atoms with Crippen molar-refractivity contribution in [2.75, 3.05) is 0 Å². The van der Waals surface area contributed by atoms with Gasteiger partial charge in [0.2, 0.25) is 5.78 Å². The van der Waals surface area contributed by atoms with Gasteiger partial charge in [-0.1, -0.05) is 11.6 Å². The molecule has 16 heavy (non-hydrogen) atoms. The highest BCUT2D eigenvalue weighted by Crippen LogP contribution is 2.17. The predicted molar refractivity (Wildman–Crippen MR) is 51.4 cm³/mol. The predicted octanol–water partition coefficient (Wildman–Crippen LogP) is 2.89. The first-order chi connectivity index (χ1) is 7.41. The number of ketones is 2. The standard InChI is InChI=1S/C10H6ClF3O2/c11-6-3-5(1-2-7(6)12)8(15)4-9(16)10(13)14/h1-3,10H,4H2. The first-order valence-electron chi connectivity index (χ1n) is 4.21. The van der Waals surface area contributed by atoms with Gasteiger partial charge in [0.1, 0.15) is 5.82 Å². The molecule has 0 atom stereocenters. The summed E-state index contributed by atoms with van der Waals surface area (Å²) in [6.07, 6.45) is -4.10. The lowest BCUT2D eigenvalue weighted by atomic mass is 10.1. The van der Waals surface area contributed by atoms with Crippen LogP contribution in [-0.2, 0) is 4.79 Å². The first-order valence-corrected chi connectivity index (χ1v) is 4.58. The van der Waals surface area contributed by atoms with Crippen LogP contribution in [0.2, 0.25) is 5.02 Å². The van der Waals surface area contributed by atoms with Gasteiger partial charge in [0.25, 0.3) is 6.43 Å². The number of hydrogen-bond acceptors (Lipinski definition) is 2. The van der Waals surface area contributed by atoms with Crippen LogP contribution < -0.4 is 0 Å². The number of halogens is 4. The maximum absolute atomic E-state index is 12.7. The van der Waals surface area contributed by atoms with Gasteiger partial charge in [-0.3, -0.25) is 9.59 Å². The molecule has 0 fully saturated rings. The lowest BCUT2D eigenvalue weighted by Gasteiger charge is -2.01. The number of hydrogen-bond donors (Lipinski definition) is 0. The van der Waals surface area contributed by atoms with Crippen LogP contribution in [-0.4, -0.2) is 18.0 Å². The Morgan fingerprint density at radius 2 is 1.94 bits per heavy atom. The molecule has 0 bridgehead atoms. The van der Waals surface area contributed by atoms with E-state index < -0.39 is 30.2 Å². The van der Waals surface area contributed by atoms with Crippen LogP contribution in [0.3, 0.4) is 0 Å². The van der Waals surface area contributed by atoms with Crippen molar-refractivity contribution in [3.8, 4) is 0 Å². The van der Waals surface area contributed by atoms with Crippen LogP contribution in [0.25, 0.3) is 0 Å². The molecule has 0 N–H and O–H groups in total. The van der Waals surface area contributed by atoms with Crippen LogP contribution in [0, 0.1) is 5.82 Å². The molecular weight excluding hydrogens is 245 g/mol. The van der Waals surface area contributed by atoms with Gasteiger partial charge in [0.05, 0.1) is 11.4 Å². The third kappa shape index (κ3) is 3.06. The molecule has 86 valence electrons. The zero-order valence-corrected chi connectivity index (χ0v) is 8.60. The molecule has 0 aliphatic rings. The summed E-state index contributed by atoms with van der Waals surface area (Å²) in [5.74, 6) is -3.00. The second kappa shape index (κ2) is 5.12. The van der Waals surface area contributed by atoms with Gasteiger partial charge in [-0.25, -0.2) is 13.2 Å². The van der Waals surface area contributed by atoms with Gasteiger partial charge in [-0.05, 0) is 18.2 Å². The third-order valence-electron chi connectivity index (χ3n) is 1.82. The van der Waals surface area contributed by atoms with Crippen molar-refractivity contribution in [3.05, 3.63) is 34.6 Å². The molecule has 1 aromatic carbocycles. The zero-order valence-electron chi connectivity index (χ0n) is 7.84. The van der Waals surface area contributed by atoms with Gasteiger partial charge < -0.3 is 0 Å². The van der Waals surface area contributed by atoms with Gasteiger partial charge >= 0.3 is 0 Å². The Morgan fingerprint density at radius 1 is 1.31 bits per heavy atom. The summed E-state index contributed by atoms with van der Waals surface area (Å²) < 4.78 is 36.4. The van der Waals surface area contributed by atoms with Crippen LogP contribution in [0.1, 0.15) is 16.8 Å². The minimum absolute atomic E-state index is 0.0691. The molecule has 0 aromatic heterocycles. The molecule has 0 saturated carbocycles. The van der Waals surface area contributed by atoms with Gasteiger partial charge in [-0.2, -0.15) is 0 Å². The monoisotopic (exact) mass is 250 g/mol. The lowest BCUT2D eigenvalue weighted by molar-refractivity contribution is -0.128. The van der Waals surface area contributed by atoms with E-state index in [1.165, 1.54) is 0 Å². The molecule has 1 aromatic rings. The highest BCUT2D eigenvalue weighted by Gasteiger charge is 2.20. The van der Waals surface area contributed by atoms with Gasteiger partial charge in [0.15, 0.2) is 5.78 Å². The summed E-state index contributed by atoms with van der Waals surface area (Å²) in [5.41, 5.74) is -0.0691. The number of carbonyl (C=O) groups is 2. The molecule has 0 heterocycles. The zero-order chi connectivity index (χ0) is 12.3. The Hall–Kier alpha value is -1.36. The summed E-state index contributed by atoms with van der Waals surface area (Å²) in [6.45, 7) is 0. The van der Waals surface area contributed by atoms with E-state index in [-0.39, 0.29) is 10.6 Å². The number of rotatable bonds is 4. The lowest BCUT2D eigenvalue weighted by Crippen LogP contribution is -2.15. The minimum atomic E-state index is -3.18. The maximum Gasteiger partial charge on any atom is 0.296 e. The molecule has 1 rings (SSSR count). The summed E-state index contributed by atoms with van der Waals surface area (Å²) in [4.78, 5) is 21.9. The summed E-state index contributed by atoms with van der Waals surface area (Å²) in [7, 11) is 0. The van der Waals surface area contributed by atoms with Crippen molar-refractivity contribution in [2.24, 2.45) is 0 Å². The van der Waals surface area contributed by atoms with Crippen LogP contribution >= 0.6 is 11.6 Å². The second-order valence-corrected chi connectivity index (χ2v) is 3.40. The fourth-order valence-corrected chi connectivity index (χ4v) is 1.19.